The largest absolute Gasteiger partial charge is 0.465 e. The highest BCUT2D eigenvalue weighted by Gasteiger charge is 2.38. The van der Waals surface area contributed by atoms with Crippen molar-refractivity contribution in [3.05, 3.63) is 0 Å². The second kappa shape index (κ2) is 20.6. The number of hydrogen-bond donors (Lipinski definition) is 0. The summed E-state index contributed by atoms with van der Waals surface area (Å²) in [5, 5.41) is 0. The Bertz CT molecular complexity index is 762. The monoisotopic (exact) mass is 712 g/mol. The minimum Gasteiger partial charge on any atom is -0.465 e. The van der Waals surface area contributed by atoms with Gasteiger partial charge in [0.05, 0.1) is 25.7 Å². The quantitative estimate of drug-likeness (QED) is 0.0907. The molecule has 0 aliphatic rings. The van der Waals surface area contributed by atoms with E-state index in [0.29, 0.717) is 23.0 Å². The Labute approximate surface area is 290 Å². The molecule has 12 heteroatoms. The molecule has 0 fully saturated rings. The Hall–Kier alpha value is -0.720. The Morgan fingerprint density at radius 3 is 0.711 bits per heavy atom. The Morgan fingerprint density at radius 2 is 0.556 bits per heavy atom. The zero-order valence-corrected chi connectivity index (χ0v) is 33.2. The van der Waals surface area contributed by atoms with E-state index in [1.807, 2.05) is 0 Å². The summed E-state index contributed by atoms with van der Waals surface area (Å²) in [6, 6.07) is 0. The van der Waals surface area contributed by atoms with E-state index in [4.69, 9.17) is 18.9 Å². The lowest BCUT2D eigenvalue weighted by Crippen LogP contribution is -2.44. The molecule has 45 heavy (non-hydrogen) atoms. The molecule has 0 radical (unpaired) electrons. The molecule has 264 valence electrons. The summed E-state index contributed by atoms with van der Waals surface area (Å²) >= 11 is 6.60. The third-order valence-electron chi connectivity index (χ3n) is 5.52. The van der Waals surface area contributed by atoms with Crippen LogP contribution in [-0.4, -0.2) is 92.3 Å². The van der Waals surface area contributed by atoms with Gasteiger partial charge in [-0.1, -0.05) is 83.1 Å². The van der Waals surface area contributed by atoms with Gasteiger partial charge in [-0.15, -0.1) is 0 Å². The van der Waals surface area contributed by atoms with Crippen LogP contribution in [-0.2, 0) is 38.1 Å². The third-order valence-corrected chi connectivity index (χ3v) is 10.6. The first kappa shape index (κ1) is 44.3. The number of esters is 4. The molecular formula is C33H60O8S4. The van der Waals surface area contributed by atoms with E-state index >= 15 is 0 Å². The summed E-state index contributed by atoms with van der Waals surface area (Å²) in [5.74, 6) is 0.616. The smallest absolute Gasteiger partial charge is 0.306 e. The van der Waals surface area contributed by atoms with Crippen LogP contribution in [0.3, 0.4) is 0 Å². The van der Waals surface area contributed by atoms with Crippen molar-refractivity contribution in [3.63, 3.8) is 0 Å². The summed E-state index contributed by atoms with van der Waals surface area (Å²) < 4.78 is 22.6. The van der Waals surface area contributed by atoms with Gasteiger partial charge in [0, 0.05) is 42.0 Å². The van der Waals surface area contributed by atoms with Crippen molar-refractivity contribution in [3.8, 4) is 0 Å². The first-order chi connectivity index (χ1) is 20.4. The van der Waals surface area contributed by atoms with Crippen LogP contribution in [0.25, 0.3) is 0 Å². The molecule has 0 aliphatic heterocycles. The molecular weight excluding hydrogens is 653 g/mol. The number of rotatable bonds is 20. The van der Waals surface area contributed by atoms with Crippen molar-refractivity contribution in [1.29, 1.82) is 0 Å². The standard InChI is InChI=1S/C33H60O8S4/c1-29(2,3)42-17-13-25(34)38-21-33(22-39-26(35)14-18-43-30(4,5)6,23-40-27(36)15-19-44-31(7,8)9)24-41-28(37)16-20-45-32(10,11)12/h13-24H2,1-12H3. The Balaban J connectivity index is 5.76. The molecule has 0 rings (SSSR count). The number of hydrogen-bond acceptors (Lipinski definition) is 12. The number of carbonyl (C=O) groups excluding carboxylic acids is 4. The zero-order valence-electron chi connectivity index (χ0n) is 29.9. The van der Waals surface area contributed by atoms with E-state index in [0.717, 1.165) is 0 Å². The summed E-state index contributed by atoms with van der Waals surface area (Å²) in [4.78, 5) is 50.9. The van der Waals surface area contributed by atoms with Crippen LogP contribution >= 0.6 is 47.0 Å². The lowest BCUT2D eigenvalue weighted by atomic mass is 9.92. The van der Waals surface area contributed by atoms with Crippen LogP contribution in [0, 0.1) is 5.41 Å². The van der Waals surface area contributed by atoms with Crippen LogP contribution in [0.5, 0.6) is 0 Å². The molecule has 8 nitrogen and oxygen atoms in total. The maximum atomic E-state index is 12.7. The maximum Gasteiger partial charge on any atom is 0.306 e. The number of thioether (sulfide) groups is 4. The van der Waals surface area contributed by atoms with Crippen molar-refractivity contribution in [2.24, 2.45) is 5.41 Å². The summed E-state index contributed by atoms with van der Waals surface area (Å²) in [6.45, 7) is 24.0. The van der Waals surface area contributed by atoms with Crippen molar-refractivity contribution in [1.82, 2.24) is 0 Å². The molecule has 0 unspecified atom stereocenters. The lowest BCUT2D eigenvalue weighted by molar-refractivity contribution is -0.170. The predicted octanol–water partition coefficient (Wildman–Crippen LogP) is 7.83. The van der Waals surface area contributed by atoms with Crippen molar-refractivity contribution >= 4 is 70.9 Å². The van der Waals surface area contributed by atoms with Crippen LogP contribution in [0.4, 0.5) is 0 Å². The van der Waals surface area contributed by atoms with Gasteiger partial charge in [-0.2, -0.15) is 47.0 Å². The number of carbonyl (C=O) groups is 4. The van der Waals surface area contributed by atoms with E-state index in [-0.39, 0.29) is 71.1 Å². The summed E-state index contributed by atoms with van der Waals surface area (Å²) in [6.07, 6.45) is 0.760. The Morgan fingerprint density at radius 1 is 0.378 bits per heavy atom. The van der Waals surface area contributed by atoms with Gasteiger partial charge in [-0.3, -0.25) is 19.2 Å². The van der Waals surface area contributed by atoms with Gasteiger partial charge in [0.25, 0.3) is 0 Å². The van der Waals surface area contributed by atoms with Gasteiger partial charge in [-0.05, 0) is 0 Å². The van der Waals surface area contributed by atoms with Crippen LogP contribution in [0.2, 0.25) is 0 Å². The van der Waals surface area contributed by atoms with E-state index in [1.165, 1.54) is 0 Å². The van der Waals surface area contributed by atoms with E-state index < -0.39 is 29.3 Å². The molecule has 0 atom stereocenters. The lowest BCUT2D eigenvalue weighted by Gasteiger charge is -2.32. The first-order valence-corrected chi connectivity index (χ1v) is 19.5. The van der Waals surface area contributed by atoms with Crippen molar-refractivity contribution < 1.29 is 38.1 Å². The fraction of sp³-hybridized carbons (Fsp3) is 0.879. The molecule has 0 amide bonds. The number of ether oxygens (including phenoxy) is 4. The minimum absolute atomic E-state index is 0.00245. The van der Waals surface area contributed by atoms with Gasteiger partial charge in [0.2, 0.25) is 0 Å². The molecule has 0 spiro atoms. The van der Waals surface area contributed by atoms with Crippen LogP contribution in [0.1, 0.15) is 109 Å². The highest BCUT2D eigenvalue weighted by atomic mass is 32.2. The van der Waals surface area contributed by atoms with Crippen molar-refractivity contribution in [2.75, 3.05) is 49.4 Å². The second-order valence-electron chi connectivity index (χ2n) is 15.0. The third kappa shape index (κ3) is 28.0. The molecule has 0 bridgehead atoms. The normalized spacial score (nSPS) is 12.9. The second-order valence-corrected chi connectivity index (χ2v) is 22.7. The van der Waals surface area contributed by atoms with Gasteiger partial charge >= 0.3 is 23.9 Å². The molecule has 0 saturated heterocycles. The fourth-order valence-electron chi connectivity index (χ4n) is 3.24. The molecule has 0 aliphatic carbocycles. The van der Waals surface area contributed by atoms with E-state index in [1.54, 1.807) is 47.0 Å². The Kier molecular flexibility index (Phi) is 20.3. The summed E-state index contributed by atoms with van der Waals surface area (Å²) in [7, 11) is 0. The topological polar surface area (TPSA) is 105 Å². The summed E-state index contributed by atoms with van der Waals surface area (Å²) in [5.41, 5.74) is -1.25. The zero-order chi connectivity index (χ0) is 35.0. The molecule has 0 aromatic carbocycles. The highest BCUT2D eigenvalue weighted by Crippen LogP contribution is 2.28. The molecule has 0 aromatic rings. The average molecular weight is 713 g/mol. The SMILES string of the molecule is CC(C)(C)SCCC(=O)OCC(COC(=O)CCSC(C)(C)C)(COC(=O)CCSC(C)(C)C)COC(=O)CCSC(C)(C)C. The van der Waals surface area contributed by atoms with Crippen molar-refractivity contribution in [2.45, 2.75) is 128 Å². The fourth-order valence-corrected chi connectivity index (χ4v) is 6.76. The van der Waals surface area contributed by atoms with Crippen LogP contribution < -0.4 is 0 Å². The molecule has 0 N–H and O–H groups in total. The van der Waals surface area contributed by atoms with Crippen LogP contribution in [0.15, 0.2) is 0 Å². The molecule has 0 saturated carbocycles. The molecule has 0 aromatic heterocycles. The van der Waals surface area contributed by atoms with Gasteiger partial charge in [-0.25, -0.2) is 0 Å². The predicted molar refractivity (Wildman–Crippen MR) is 194 cm³/mol. The minimum atomic E-state index is -1.25. The highest BCUT2D eigenvalue weighted by molar-refractivity contribution is 8.01. The first-order valence-electron chi connectivity index (χ1n) is 15.6. The average Bonchev–Trinajstić information content (AvgIpc) is 2.85. The maximum absolute atomic E-state index is 12.7. The molecule has 0 heterocycles. The van der Waals surface area contributed by atoms with E-state index in [9.17, 15) is 19.2 Å². The van der Waals surface area contributed by atoms with E-state index in [2.05, 4.69) is 83.1 Å². The van der Waals surface area contributed by atoms with Gasteiger partial charge < -0.3 is 18.9 Å². The van der Waals surface area contributed by atoms with Gasteiger partial charge in [0.1, 0.15) is 31.8 Å². The van der Waals surface area contributed by atoms with Gasteiger partial charge in [0.15, 0.2) is 0 Å².